The molecule has 18 heavy (non-hydrogen) atoms. The van der Waals surface area contributed by atoms with Gasteiger partial charge in [0.15, 0.2) is 0 Å². The van der Waals surface area contributed by atoms with Gasteiger partial charge in [-0.1, -0.05) is 19.1 Å². The third kappa shape index (κ3) is 2.64. The molecule has 1 saturated heterocycles. The Kier molecular flexibility index (Phi) is 3.87. The number of carbonyl (C=O) groups is 1. The number of piperidine rings is 1. The first-order chi connectivity index (χ1) is 8.61. The highest BCUT2D eigenvalue weighted by Gasteiger charge is 2.27. The van der Waals surface area contributed by atoms with Crippen LogP contribution >= 0.6 is 0 Å². The van der Waals surface area contributed by atoms with Gasteiger partial charge in [-0.3, -0.25) is 4.79 Å². The maximum absolute atomic E-state index is 12.5. The molecule has 1 aromatic rings. The molecular weight excluding hydrogens is 228 g/mol. The van der Waals surface area contributed by atoms with Crippen LogP contribution < -0.4 is 10.5 Å². The molecule has 98 valence electrons. The van der Waals surface area contributed by atoms with Crippen LogP contribution in [0.15, 0.2) is 24.3 Å². The molecular formula is C14H20N2O2. The summed E-state index contributed by atoms with van der Waals surface area (Å²) in [6, 6.07) is 7.39. The zero-order chi connectivity index (χ0) is 13.1. The van der Waals surface area contributed by atoms with E-state index in [0.717, 1.165) is 13.0 Å². The van der Waals surface area contributed by atoms with Crippen molar-refractivity contribution in [2.24, 2.45) is 11.7 Å². The summed E-state index contributed by atoms with van der Waals surface area (Å²) in [4.78, 5) is 14.3. The molecule has 1 heterocycles. The summed E-state index contributed by atoms with van der Waals surface area (Å²) in [5, 5.41) is 0. The van der Waals surface area contributed by atoms with Crippen LogP contribution in [0.2, 0.25) is 0 Å². The maximum Gasteiger partial charge on any atom is 0.257 e. The van der Waals surface area contributed by atoms with E-state index in [0.29, 0.717) is 23.8 Å². The second-order valence-electron chi connectivity index (χ2n) is 5.01. The summed E-state index contributed by atoms with van der Waals surface area (Å²) < 4.78 is 5.23. The summed E-state index contributed by atoms with van der Waals surface area (Å²) in [6.07, 6.45) is 0.982. The van der Waals surface area contributed by atoms with E-state index in [2.05, 4.69) is 6.92 Å². The van der Waals surface area contributed by atoms with Crippen molar-refractivity contribution in [3.8, 4) is 5.75 Å². The molecule has 0 aliphatic carbocycles. The van der Waals surface area contributed by atoms with Gasteiger partial charge in [0, 0.05) is 19.1 Å². The summed E-state index contributed by atoms with van der Waals surface area (Å²) >= 11 is 0. The fourth-order valence-corrected chi connectivity index (χ4v) is 2.56. The molecule has 0 bridgehead atoms. The summed E-state index contributed by atoms with van der Waals surface area (Å²) in [5.41, 5.74) is 6.59. The molecule has 1 aliphatic rings. The van der Waals surface area contributed by atoms with E-state index < -0.39 is 0 Å². The predicted octanol–water partition coefficient (Wildman–Crippen LogP) is 1.50. The third-order valence-corrected chi connectivity index (χ3v) is 3.32. The fraction of sp³-hybridized carbons (Fsp3) is 0.500. The maximum atomic E-state index is 12.5. The number of amides is 1. The minimum Gasteiger partial charge on any atom is -0.496 e. The number of nitrogens with zero attached hydrogens (tertiary/aromatic N) is 1. The lowest BCUT2D eigenvalue weighted by atomic mass is 9.96. The Morgan fingerprint density at radius 3 is 2.78 bits per heavy atom. The molecule has 1 fully saturated rings. The van der Waals surface area contributed by atoms with E-state index in [1.54, 1.807) is 19.2 Å². The van der Waals surface area contributed by atoms with Crippen LogP contribution in [0.1, 0.15) is 23.7 Å². The van der Waals surface area contributed by atoms with Crippen molar-refractivity contribution in [3.05, 3.63) is 29.8 Å². The minimum absolute atomic E-state index is 0.00875. The van der Waals surface area contributed by atoms with Gasteiger partial charge in [-0.2, -0.15) is 0 Å². The van der Waals surface area contributed by atoms with Crippen molar-refractivity contribution in [2.45, 2.75) is 19.4 Å². The Balaban J connectivity index is 2.20. The Morgan fingerprint density at radius 2 is 2.11 bits per heavy atom. The monoisotopic (exact) mass is 248 g/mol. The summed E-state index contributed by atoms with van der Waals surface area (Å²) in [6.45, 7) is 3.52. The molecule has 0 radical (unpaired) electrons. The Labute approximate surface area is 108 Å². The van der Waals surface area contributed by atoms with E-state index in [-0.39, 0.29) is 11.9 Å². The van der Waals surface area contributed by atoms with Gasteiger partial charge in [0.05, 0.1) is 12.7 Å². The van der Waals surface area contributed by atoms with Crippen LogP contribution in [-0.2, 0) is 0 Å². The SMILES string of the molecule is COc1ccccc1C(=O)N1CC(C)CC(N)C1. The van der Waals surface area contributed by atoms with Gasteiger partial charge in [0.2, 0.25) is 0 Å². The van der Waals surface area contributed by atoms with Crippen LogP contribution in [0, 0.1) is 5.92 Å². The molecule has 0 spiro atoms. The molecule has 2 atom stereocenters. The molecule has 0 aromatic heterocycles. The third-order valence-electron chi connectivity index (χ3n) is 3.32. The van der Waals surface area contributed by atoms with Gasteiger partial charge >= 0.3 is 0 Å². The molecule has 1 amide bonds. The quantitative estimate of drug-likeness (QED) is 0.863. The molecule has 2 rings (SSSR count). The average Bonchev–Trinajstić information content (AvgIpc) is 2.36. The van der Waals surface area contributed by atoms with E-state index >= 15 is 0 Å². The topological polar surface area (TPSA) is 55.6 Å². The molecule has 2 N–H and O–H groups in total. The van der Waals surface area contributed by atoms with E-state index in [1.807, 2.05) is 17.0 Å². The zero-order valence-corrected chi connectivity index (χ0v) is 10.9. The second-order valence-corrected chi connectivity index (χ2v) is 5.01. The molecule has 1 aromatic carbocycles. The van der Waals surface area contributed by atoms with Crippen LogP contribution in [-0.4, -0.2) is 37.0 Å². The Bertz CT molecular complexity index is 424. The minimum atomic E-state index is 0.00875. The molecule has 4 heteroatoms. The molecule has 1 aliphatic heterocycles. The number of rotatable bonds is 2. The summed E-state index contributed by atoms with van der Waals surface area (Å²) in [7, 11) is 1.58. The normalized spacial score (nSPS) is 23.8. The standard InChI is InChI=1S/C14H20N2O2/c1-10-7-11(15)9-16(8-10)14(17)12-5-3-4-6-13(12)18-2/h3-6,10-11H,7-9,15H2,1-2H3. The number of ether oxygens (including phenoxy) is 1. The van der Waals surface area contributed by atoms with E-state index in [9.17, 15) is 4.79 Å². The average molecular weight is 248 g/mol. The first-order valence-corrected chi connectivity index (χ1v) is 6.29. The van der Waals surface area contributed by atoms with Crippen LogP contribution in [0.3, 0.4) is 0 Å². The molecule has 4 nitrogen and oxygen atoms in total. The fourth-order valence-electron chi connectivity index (χ4n) is 2.56. The highest BCUT2D eigenvalue weighted by Crippen LogP contribution is 2.22. The van der Waals surface area contributed by atoms with Crippen LogP contribution in [0.4, 0.5) is 0 Å². The number of para-hydroxylation sites is 1. The largest absolute Gasteiger partial charge is 0.496 e. The number of hydrogen-bond donors (Lipinski definition) is 1. The number of hydrogen-bond acceptors (Lipinski definition) is 3. The first kappa shape index (κ1) is 12.9. The molecule has 0 saturated carbocycles. The number of methoxy groups -OCH3 is 1. The number of benzene rings is 1. The van der Waals surface area contributed by atoms with Crippen molar-refractivity contribution in [1.82, 2.24) is 4.90 Å². The van der Waals surface area contributed by atoms with E-state index in [4.69, 9.17) is 10.5 Å². The van der Waals surface area contributed by atoms with Crippen molar-refractivity contribution < 1.29 is 9.53 Å². The zero-order valence-electron chi connectivity index (χ0n) is 10.9. The van der Waals surface area contributed by atoms with Gasteiger partial charge < -0.3 is 15.4 Å². The lowest BCUT2D eigenvalue weighted by Gasteiger charge is -2.35. The van der Waals surface area contributed by atoms with Crippen molar-refractivity contribution in [1.29, 1.82) is 0 Å². The van der Waals surface area contributed by atoms with Crippen molar-refractivity contribution >= 4 is 5.91 Å². The molecule has 2 unspecified atom stereocenters. The van der Waals surface area contributed by atoms with Crippen molar-refractivity contribution in [2.75, 3.05) is 20.2 Å². The number of nitrogens with two attached hydrogens (primary N) is 1. The lowest BCUT2D eigenvalue weighted by Crippen LogP contribution is -2.48. The Hall–Kier alpha value is -1.55. The van der Waals surface area contributed by atoms with Crippen LogP contribution in [0.25, 0.3) is 0 Å². The van der Waals surface area contributed by atoms with Gasteiger partial charge in [-0.25, -0.2) is 0 Å². The lowest BCUT2D eigenvalue weighted by molar-refractivity contribution is 0.0657. The highest BCUT2D eigenvalue weighted by molar-refractivity contribution is 5.97. The van der Waals surface area contributed by atoms with Gasteiger partial charge in [-0.15, -0.1) is 0 Å². The highest BCUT2D eigenvalue weighted by atomic mass is 16.5. The predicted molar refractivity (Wildman–Crippen MR) is 70.7 cm³/mol. The van der Waals surface area contributed by atoms with E-state index in [1.165, 1.54) is 0 Å². The first-order valence-electron chi connectivity index (χ1n) is 6.29. The van der Waals surface area contributed by atoms with Gasteiger partial charge in [0.1, 0.15) is 5.75 Å². The number of carbonyl (C=O) groups excluding carboxylic acids is 1. The van der Waals surface area contributed by atoms with Gasteiger partial charge in [0.25, 0.3) is 5.91 Å². The number of likely N-dealkylation sites (tertiary alicyclic amines) is 1. The Morgan fingerprint density at radius 1 is 1.39 bits per heavy atom. The van der Waals surface area contributed by atoms with Crippen LogP contribution in [0.5, 0.6) is 5.75 Å². The smallest absolute Gasteiger partial charge is 0.257 e. The van der Waals surface area contributed by atoms with Gasteiger partial charge in [-0.05, 0) is 24.5 Å². The summed E-state index contributed by atoms with van der Waals surface area (Å²) in [5.74, 6) is 1.08. The van der Waals surface area contributed by atoms with Crippen molar-refractivity contribution in [3.63, 3.8) is 0 Å². The second kappa shape index (κ2) is 5.40.